The molecule has 0 N–H and O–H groups in total. The van der Waals surface area contributed by atoms with E-state index in [2.05, 4.69) is 20.9 Å². The Labute approximate surface area is 112 Å². The molecule has 94 valence electrons. The number of hydrogen-bond acceptors (Lipinski definition) is 5. The van der Waals surface area contributed by atoms with E-state index in [0.29, 0.717) is 16.8 Å². The first-order valence-corrected chi connectivity index (χ1v) is 5.89. The lowest BCUT2D eigenvalue weighted by Crippen LogP contribution is -2.18. The molecule has 7 heteroatoms. The molecule has 2 heterocycles. The van der Waals surface area contributed by atoms with E-state index < -0.39 is 4.92 Å². The minimum atomic E-state index is -0.445. The van der Waals surface area contributed by atoms with Gasteiger partial charge in [-0.3, -0.25) is 10.1 Å². The minimum absolute atomic E-state index is 0.0321. The van der Waals surface area contributed by atoms with Gasteiger partial charge in [-0.15, -0.1) is 0 Å². The molecule has 0 saturated carbocycles. The lowest BCUT2D eigenvalue weighted by atomic mass is 10.3. The van der Waals surface area contributed by atoms with Gasteiger partial charge in [0.15, 0.2) is 0 Å². The third-order valence-electron chi connectivity index (χ3n) is 2.37. The van der Waals surface area contributed by atoms with E-state index in [1.807, 2.05) is 0 Å². The predicted molar refractivity (Wildman–Crippen MR) is 69.4 cm³/mol. The highest BCUT2D eigenvalue weighted by Gasteiger charge is 2.19. The molecule has 0 aliphatic heterocycles. The van der Waals surface area contributed by atoms with E-state index in [9.17, 15) is 10.1 Å². The molecule has 0 bridgehead atoms. The summed E-state index contributed by atoms with van der Waals surface area (Å²) in [6.45, 7) is 0.492. The maximum absolute atomic E-state index is 11.0. The molecule has 0 saturated heterocycles. The third-order valence-corrected chi connectivity index (χ3v) is 2.81. The van der Waals surface area contributed by atoms with Gasteiger partial charge in [0.1, 0.15) is 0 Å². The van der Waals surface area contributed by atoms with E-state index in [4.69, 9.17) is 4.42 Å². The number of nitrogens with zero attached hydrogens (tertiary/aromatic N) is 3. The van der Waals surface area contributed by atoms with Crippen molar-refractivity contribution in [3.05, 3.63) is 51.0 Å². The van der Waals surface area contributed by atoms with Crippen molar-refractivity contribution in [2.75, 3.05) is 11.9 Å². The molecule has 0 aliphatic rings. The van der Waals surface area contributed by atoms with Crippen LogP contribution < -0.4 is 4.90 Å². The maximum atomic E-state index is 11.0. The van der Waals surface area contributed by atoms with E-state index in [-0.39, 0.29) is 5.69 Å². The summed E-state index contributed by atoms with van der Waals surface area (Å²) in [5.41, 5.74) is 0.895. The van der Waals surface area contributed by atoms with Crippen LogP contribution in [0.2, 0.25) is 0 Å². The molecule has 0 amide bonds. The Balaban J connectivity index is 2.29. The fourth-order valence-electron chi connectivity index (χ4n) is 1.58. The van der Waals surface area contributed by atoms with Crippen molar-refractivity contribution in [2.24, 2.45) is 0 Å². The van der Waals surface area contributed by atoms with Crippen LogP contribution in [0.1, 0.15) is 5.56 Å². The van der Waals surface area contributed by atoms with E-state index in [1.54, 1.807) is 30.5 Å². The summed E-state index contributed by atoms with van der Waals surface area (Å²) in [4.78, 5) is 16.3. The summed E-state index contributed by atoms with van der Waals surface area (Å²) in [6, 6.07) is 3.25. The molecular formula is C11H10BrN3O3. The summed E-state index contributed by atoms with van der Waals surface area (Å²) >= 11 is 3.17. The number of hydrogen-bond donors (Lipinski definition) is 0. The molecule has 0 unspecified atom stereocenters. The van der Waals surface area contributed by atoms with Crippen LogP contribution in [-0.4, -0.2) is 17.0 Å². The highest BCUT2D eigenvalue weighted by atomic mass is 79.9. The second kappa shape index (κ2) is 5.18. The average molecular weight is 312 g/mol. The zero-order valence-corrected chi connectivity index (χ0v) is 11.1. The molecule has 0 fully saturated rings. The van der Waals surface area contributed by atoms with Crippen molar-refractivity contribution in [3.63, 3.8) is 0 Å². The van der Waals surface area contributed by atoms with E-state index in [1.165, 1.54) is 12.3 Å². The molecule has 0 radical (unpaired) electrons. The minimum Gasteiger partial charge on any atom is -0.472 e. The van der Waals surface area contributed by atoms with Crippen LogP contribution in [-0.2, 0) is 6.54 Å². The molecule has 0 spiro atoms. The van der Waals surface area contributed by atoms with Crippen LogP contribution in [0, 0.1) is 10.1 Å². The van der Waals surface area contributed by atoms with E-state index >= 15 is 0 Å². The standard InChI is InChI=1S/C11H10BrN3O3/c1-14(6-8-2-3-18-7-8)11-10(15(16)17)4-9(12)5-13-11/h2-5,7H,6H2,1H3. The van der Waals surface area contributed by atoms with Crippen molar-refractivity contribution in [2.45, 2.75) is 6.54 Å². The number of nitro groups is 1. The van der Waals surface area contributed by atoms with Crippen LogP contribution in [0.25, 0.3) is 0 Å². The van der Waals surface area contributed by atoms with Crippen molar-refractivity contribution in [1.82, 2.24) is 4.98 Å². The quantitative estimate of drug-likeness (QED) is 0.641. The monoisotopic (exact) mass is 311 g/mol. The van der Waals surface area contributed by atoms with Gasteiger partial charge in [-0.05, 0) is 22.0 Å². The van der Waals surface area contributed by atoms with Gasteiger partial charge < -0.3 is 9.32 Å². The number of furan rings is 1. The topological polar surface area (TPSA) is 72.4 Å². The molecule has 6 nitrogen and oxygen atoms in total. The lowest BCUT2D eigenvalue weighted by Gasteiger charge is -2.16. The van der Waals surface area contributed by atoms with Crippen molar-refractivity contribution >= 4 is 27.4 Å². The highest BCUT2D eigenvalue weighted by Crippen LogP contribution is 2.28. The first-order valence-electron chi connectivity index (χ1n) is 5.10. The Morgan fingerprint density at radius 3 is 3.00 bits per heavy atom. The number of aromatic nitrogens is 1. The zero-order valence-electron chi connectivity index (χ0n) is 9.54. The number of pyridine rings is 1. The summed E-state index contributed by atoms with van der Waals surface area (Å²) in [5.74, 6) is 0.324. The van der Waals surface area contributed by atoms with Crippen LogP contribution in [0.5, 0.6) is 0 Å². The van der Waals surface area contributed by atoms with Gasteiger partial charge in [-0.2, -0.15) is 0 Å². The van der Waals surface area contributed by atoms with Gasteiger partial charge in [0.25, 0.3) is 0 Å². The van der Waals surface area contributed by atoms with Crippen LogP contribution >= 0.6 is 15.9 Å². The second-order valence-electron chi connectivity index (χ2n) is 3.74. The van der Waals surface area contributed by atoms with Gasteiger partial charge in [0.05, 0.1) is 17.4 Å². The molecule has 2 rings (SSSR count). The Kier molecular flexibility index (Phi) is 3.61. The SMILES string of the molecule is CN(Cc1ccoc1)c1ncc(Br)cc1[N+](=O)[O-]. The molecule has 0 aliphatic carbocycles. The van der Waals surface area contributed by atoms with E-state index in [0.717, 1.165) is 5.56 Å². The number of anilines is 1. The first kappa shape index (κ1) is 12.6. The summed E-state index contributed by atoms with van der Waals surface area (Å²) < 4.78 is 5.54. The fraction of sp³-hybridized carbons (Fsp3) is 0.182. The summed E-state index contributed by atoms with van der Waals surface area (Å²) in [5, 5.41) is 11.0. The molecule has 0 aromatic carbocycles. The van der Waals surface area contributed by atoms with Crippen LogP contribution in [0.3, 0.4) is 0 Å². The first-order chi connectivity index (χ1) is 8.58. The molecule has 18 heavy (non-hydrogen) atoms. The molecule has 2 aromatic rings. The van der Waals surface area contributed by atoms with Gasteiger partial charge in [-0.25, -0.2) is 4.98 Å². The molecular weight excluding hydrogens is 302 g/mol. The van der Waals surface area contributed by atoms with Crippen molar-refractivity contribution < 1.29 is 9.34 Å². The largest absolute Gasteiger partial charge is 0.472 e. The van der Waals surface area contributed by atoms with Crippen LogP contribution in [0.15, 0.2) is 39.7 Å². The number of halogens is 1. The van der Waals surface area contributed by atoms with Gasteiger partial charge in [-0.1, -0.05) is 0 Å². The summed E-state index contributed by atoms with van der Waals surface area (Å²) in [7, 11) is 1.75. The Morgan fingerprint density at radius 2 is 2.39 bits per heavy atom. The predicted octanol–water partition coefficient (Wildman–Crippen LogP) is 2.98. The van der Waals surface area contributed by atoms with Crippen molar-refractivity contribution in [1.29, 1.82) is 0 Å². The smallest absolute Gasteiger partial charge is 0.312 e. The maximum Gasteiger partial charge on any atom is 0.312 e. The lowest BCUT2D eigenvalue weighted by molar-refractivity contribution is -0.384. The fourth-order valence-corrected chi connectivity index (χ4v) is 1.90. The molecule has 2 aromatic heterocycles. The summed E-state index contributed by atoms with van der Waals surface area (Å²) in [6.07, 6.45) is 4.70. The average Bonchev–Trinajstić information content (AvgIpc) is 2.81. The Bertz CT molecular complexity index is 557. The third kappa shape index (κ3) is 2.67. The van der Waals surface area contributed by atoms with Gasteiger partial charge >= 0.3 is 5.69 Å². The number of rotatable bonds is 4. The van der Waals surface area contributed by atoms with Gasteiger partial charge in [0.2, 0.25) is 5.82 Å². The van der Waals surface area contributed by atoms with Gasteiger partial charge in [0, 0.05) is 35.9 Å². The van der Waals surface area contributed by atoms with Crippen LogP contribution in [0.4, 0.5) is 11.5 Å². The zero-order chi connectivity index (χ0) is 13.1. The van der Waals surface area contributed by atoms with Crippen molar-refractivity contribution in [3.8, 4) is 0 Å². The normalized spacial score (nSPS) is 10.3. The molecule has 0 atom stereocenters. The Morgan fingerprint density at radius 1 is 1.61 bits per heavy atom. The second-order valence-corrected chi connectivity index (χ2v) is 4.66. The Hall–Kier alpha value is -1.89. The highest BCUT2D eigenvalue weighted by molar-refractivity contribution is 9.10.